The van der Waals surface area contributed by atoms with Gasteiger partial charge >= 0.3 is 0 Å². The maximum Gasteiger partial charge on any atom is 0.139 e. The number of rotatable bonds is 7. The van der Waals surface area contributed by atoms with Gasteiger partial charge < -0.3 is 10.5 Å². The van der Waals surface area contributed by atoms with Gasteiger partial charge in [-0.25, -0.2) is 0 Å². The van der Waals surface area contributed by atoms with Crippen molar-refractivity contribution in [3.8, 4) is 0 Å². The minimum atomic E-state index is -0.119. The van der Waals surface area contributed by atoms with Crippen LogP contribution in [0.4, 0.5) is 0 Å². The Kier molecular flexibility index (Phi) is 5.34. The van der Waals surface area contributed by atoms with Gasteiger partial charge in [0.05, 0.1) is 6.61 Å². The van der Waals surface area contributed by atoms with Gasteiger partial charge in [0, 0.05) is 24.5 Å². The van der Waals surface area contributed by atoms with Crippen molar-refractivity contribution in [3.05, 3.63) is 35.9 Å². The Balaban J connectivity index is 1.45. The summed E-state index contributed by atoms with van der Waals surface area (Å²) in [6, 6.07) is 11.5. The first-order chi connectivity index (χ1) is 14.5. The third-order valence-electron chi connectivity index (χ3n) is 9.14. The fourth-order valence-corrected chi connectivity index (χ4v) is 8.41. The third-order valence-corrected chi connectivity index (χ3v) is 9.14. The fourth-order valence-electron chi connectivity index (χ4n) is 8.41. The molecule has 30 heavy (non-hydrogen) atoms. The molecule has 164 valence electrons. The summed E-state index contributed by atoms with van der Waals surface area (Å²) >= 11 is 0. The number of ether oxygens (including phenoxy) is 1. The number of carbonyl (C=O) groups is 1. The highest BCUT2D eigenvalue weighted by atomic mass is 16.5. The maximum absolute atomic E-state index is 14.0. The van der Waals surface area contributed by atoms with E-state index in [1.54, 1.807) is 0 Å². The number of nitrogens with two attached hydrogens (primary N) is 1. The normalized spacial score (nSPS) is 42.4. The number of hydrogen-bond donors (Lipinski definition) is 1. The summed E-state index contributed by atoms with van der Waals surface area (Å²) in [4.78, 5) is 14.0. The lowest BCUT2D eigenvalue weighted by Crippen LogP contribution is -2.62. The van der Waals surface area contributed by atoms with E-state index in [1.165, 1.54) is 24.8 Å². The maximum atomic E-state index is 14.0. The van der Waals surface area contributed by atoms with Gasteiger partial charge in [-0.1, -0.05) is 30.3 Å². The van der Waals surface area contributed by atoms with Crippen LogP contribution in [0.5, 0.6) is 0 Å². The summed E-state index contributed by atoms with van der Waals surface area (Å²) in [6.07, 6.45) is 12.2. The highest BCUT2D eigenvalue weighted by Gasteiger charge is 2.65. The molecule has 1 aromatic rings. The molecular weight excluding hydrogens is 370 g/mol. The van der Waals surface area contributed by atoms with E-state index in [2.05, 4.69) is 37.3 Å². The van der Waals surface area contributed by atoms with Crippen molar-refractivity contribution >= 4 is 5.78 Å². The van der Waals surface area contributed by atoms with E-state index in [1.807, 2.05) is 0 Å². The van der Waals surface area contributed by atoms with Gasteiger partial charge in [0.2, 0.25) is 0 Å². The van der Waals surface area contributed by atoms with Crippen LogP contribution in [-0.2, 0) is 14.9 Å². The van der Waals surface area contributed by atoms with Crippen molar-refractivity contribution in [3.63, 3.8) is 0 Å². The van der Waals surface area contributed by atoms with E-state index in [9.17, 15) is 4.79 Å². The van der Waals surface area contributed by atoms with Crippen LogP contribution in [0.2, 0.25) is 0 Å². The minimum Gasteiger partial charge on any atom is -0.381 e. The molecular formula is C27H39NO2. The zero-order chi connectivity index (χ0) is 20.8. The molecule has 5 aliphatic rings. The number of ketones is 1. The first-order valence-corrected chi connectivity index (χ1v) is 12.4. The molecule has 5 aliphatic carbocycles. The Morgan fingerprint density at radius 3 is 2.53 bits per heavy atom. The number of Topliss-reactive ketones (excluding diaryl/α,β-unsaturated/α-hetero) is 1. The zero-order valence-electron chi connectivity index (χ0n) is 18.7. The van der Waals surface area contributed by atoms with E-state index in [-0.39, 0.29) is 16.2 Å². The van der Waals surface area contributed by atoms with E-state index in [0.29, 0.717) is 23.7 Å². The molecule has 0 heterocycles. The zero-order valence-corrected chi connectivity index (χ0v) is 18.7. The molecule has 4 bridgehead atoms. The van der Waals surface area contributed by atoms with Gasteiger partial charge in [0.25, 0.3) is 0 Å². The lowest BCUT2D eigenvalue weighted by molar-refractivity contribution is -0.171. The van der Waals surface area contributed by atoms with E-state index >= 15 is 0 Å². The largest absolute Gasteiger partial charge is 0.381 e. The van der Waals surface area contributed by atoms with Gasteiger partial charge in [-0.2, -0.15) is 0 Å². The first-order valence-electron chi connectivity index (χ1n) is 12.4. The smallest absolute Gasteiger partial charge is 0.139 e. The average molecular weight is 410 g/mol. The van der Waals surface area contributed by atoms with Crippen LogP contribution >= 0.6 is 0 Å². The monoisotopic (exact) mass is 409 g/mol. The summed E-state index contributed by atoms with van der Waals surface area (Å²) in [6.45, 7) is 3.71. The van der Waals surface area contributed by atoms with Crippen molar-refractivity contribution < 1.29 is 9.53 Å². The van der Waals surface area contributed by atoms with E-state index < -0.39 is 0 Å². The number of benzene rings is 1. The Morgan fingerprint density at radius 1 is 1.03 bits per heavy atom. The van der Waals surface area contributed by atoms with Crippen molar-refractivity contribution in [2.75, 3.05) is 13.2 Å². The highest BCUT2D eigenvalue weighted by Crippen LogP contribution is 2.70. The molecule has 6 rings (SSSR count). The molecule has 2 N–H and O–H groups in total. The summed E-state index contributed by atoms with van der Waals surface area (Å²) < 4.78 is 6.06. The molecule has 1 aromatic carbocycles. The molecule has 0 aromatic heterocycles. The Bertz CT molecular complexity index is 770. The molecule has 3 nitrogen and oxygen atoms in total. The predicted octanol–water partition coefficient (Wildman–Crippen LogP) is 5.41. The topological polar surface area (TPSA) is 52.3 Å². The van der Waals surface area contributed by atoms with Crippen molar-refractivity contribution in [1.82, 2.24) is 0 Å². The van der Waals surface area contributed by atoms with Crippen molar-refractivity contribution in [1.29, 1.82) is 0 Å². The Labute approximate surface area is 182 Å². The van der Waals surface area contributed by atoms with Crippen LogP contribution in [0.3, 0.4) is 0 Å². The molecule has 0 radical (unpaired) electrons. The highest BCUT2D eigenvalue weighted by molar-refractivity contribution is 5.86. The van der Waals surface area contributed by atoms with Gasteiger partial charge in [0.15, 0.2) is 0 Å². The molecule has 4 atom stereocenters. The third kappa shape index (κ3) is 3.56. The van der Waals surface area contributed by atoms with Crippen LogP contribution in [0.1, 0.15) is 83.1 Å². The lowest BCUT2D eigenvalue weighted by atomic mass is 9.37. The van der Waals surface area contributed by atoms with Crippen LogP contribution in [0.25, 0.3) is 0 Å². The van der Waals surface area contributed by atoms with Gasteiger partial charge in [-0.05, 0) is 99.4 Å². The second-order valence-electron chi connectivity index (χ2n) is 11.5. The van der Waals surface area contributed by atoms with Crippen LogP contribution < -0.4 is 5.73 Å². The molecule has 0 aliphatic heterocycles. The minimum absolute atomic E-state index is 0.119. The standard InChI is InChI=1S/C27H39NO2/c1-2-30-19-25-13-21-14-26(16-25,22-6-4-3-5-7-22)18-27(15-21,17-25)24(29)12-20-8-10-23(28)11-9-20/h3-7,20-21,23H,2,8-19,28H2,1H3/t20?,21?,23?,25-,26+,27?/m0/s1. The Morgan fingerprint density at radius 2 is 1.80 bits per heavy atom. The summed E-state index contributed by atoms with van der Waals surface area (Å²) in [5.41, 5.74) is 7.83. The molecule has 0 amide bonds. The summed E-state index contributed by atoms with van der Waals surface area (Å²) in [7, 11) is 0. The van der Waals surface area contributed by atoms with Gasteiger partial charge in [-0.3, -0.25) is 4.79 Å². The van der Waals surface area contributed by atoms with E-state index in [0.717, 1.165) is 64.6 Å². The fraction of sp³-hybridized carbons (Fsp3) is 0.741. The summed E-state index contributed by atoms with van der Waals surface area (Å²) in [5, 5.41) is 0. The first kappa shape index (κ1) is 20.7. The Hall–Kier alpha value is -1.19. The van der Waals surface area contributed by atoms with Crippen molar-refractivity contribution in [2.24, 2.45) is 28.4 Å². The number of carbonyl (C=O) groups excluding carboxylic acids is 1. The molecule has 5 saturated carbocycles. The molecule has 0 spiro atoms. The van der Waals surface area contributed by atoms with Crippen LogP contribution in [-0.4, -0.2) is 25.0 Å². The SMILES string of the molecule is CCOC[C@]12CC3CC(C(=O)CC4CCC(N)CC4)(C1)C[C@@](c1ccccc1)(C3)C2. The lowest BCUT2D eigenvalue weighted by Gasteiger charge is -2.66. The van der Waals surface area contributed by atoms with Crippen LogP contribution in [0.15, 0.2) is 30.3 Å². The van der Waals surface area contributed by atoms with Gasteiger partial charge in [0.1, 0.15) is 5.78 Å². The quantitative estimate of drug-likeness (QED) is 0.655. The second kappa shape index (κ2) is 7.74. The molecule has 0 saturated heterocycles. The summed E-state index contributed by atoms with van der Waals surface area (Å²) in [5.74, 6) is 1.81. The number of hydrogen-bond acceptors (Lipinski definition) is 3. The van der Waals surface area contributed by atoms with Crippen LogP contribution in [0, 0.1) is 22.7 Å². The van der Waals surface area contributed by atoms with Gasteiger partial charge in [-0.15, -0.1) is 0 Å². The second-order valence-corrected chi connectivity index (χ2v) is 11.5. The van der Waals surface area contributed by atoms with Crippen molar-refractivity contribution in [2.45, 2.75) is 89.0 Å². The van der Waals surface area contributed by atoms with E-state index in [4.69, 9.17) is 10.5 Å². The predicted molar refractivity (Wildman–Crippen MR) is 120 cm³/mol. The molecule has 3 heteroatoms. The average Bonchev–Trinajstić information content (AvgIpc) is 2.74. The molecule has 2 unspecified atom stereocenters. The molecule has 5 fully saturated rings.